The van der Waals surface area contributed by atoms with E-state index in [0.717, 1.165) is 14.3 Å². The number of hydrogen-bond donors (Lipinski definition) is 1. The fourth-order valence-corrected chi connectivity index (χ4v) is 5.10. The number of carbonyl (C=O) groups is 1. The summed E-state index contributed by atoms with van der Waals surface area (Å²) < 4.78 is 28.4. The molecule has 0 aliphatic carbocycles. The second-order valence-electron chi connectivity index (χ2n) is 6.64. The number of hydrogen-bond acceptors (Lipinski definition) is 4. The third-order valence-corrected chi connectivity index (χ3v) is 7.49. The Hall–Kier alpha value is -2.39. The molecule has 1 amide bonds. The van der Waals surface area contributed by atoms with Crippen LogP contribution in [-0.2, 0) is 14.8 Å². The molecule has 10 heteroatoms. The van der Waals surface area contributed by atoms with Crippen LogP contribution in [0, 0.1) is 0 Å². The zero-order valence-electron chi connectivity index (χ0n) is 16.8. The van der Waals surface area contributed by atoms with Crippen molar-refractivity contribution in [2.45, 2.75) is 11.8 Å². The quantitative estimate of drug-likeness (QED) is 0.310. The van der Waals surface area contributed by atoms with E-state index in [1.165, 1.54) is 24.3 Å². The normalized spacial score (nSPS) is 11.8. The maximum Gasteiger partial charge on any atom is 0.264 e. The van der Waals surface area contributed by atoms with Crippen LogP contribution in [0.25, 0.3) is 0 Å². The zero-order valence-corrected chi connectivity index (χ0v) is 20.7. The van der Waals surface area contributed by atoms with Gasteiger partial charge in [-0.25, -0.2) is 13.8 Å². The van der Waals surface area contributed by atoms with Crippen LogP contribution in [0.1, 0.15) is 12.5 Å². The predicted octanol–water partition coefficient (Wildman–Crippen LogP) is 5.49. The highest BCUT2D eigenvalue weighted by Crippen LogP contribution is 2.35. The van der Waals surface area contributed by atoms with Crippen molar-refractivity contribution in [1.82, 2.24) is 5.43 Å². The fraction of sp³-hybridized carbons (Fsp3) is 0.0909. The molecule has 0 saturated heterocycles. The van der Waals surface area contributed by atoms with Crippen molar-refractivity contribution in [1.29, 1.82) is 0 Å². The number of nitrogens with zero attached hydrogens (tertiary/aromatic N) is 2. The Balaban J connectivity index is 1.91. The van der Waals surface area contributed by atoms with E-state index in [4.69, 9.17) is 23.2 Å². The summed E-state index contributed by atoms with van der Waals surface area (Å²) in [5, 5.41) is 4.28. The van der Waals surface area contributed by atoms with E-state index in [1.54, 1.807) is 31.2 Å². The topological polar surface area (TPSA) is 78.8 Å². The van der Waals surface area contributed by atoms with E-state index in [1.807, 2.05) is 24.3 Å². The summed E-state index contributed by atoms with van der Waals surface area (Å²) in [5.41, 5.74) is 3.85. The van der Waals surface area contributed by atoms with Gasteiger partial charge in [0.1, 0.15) is 6.54 Å². The standard InChI is InChI=1S/C22H18BrCl2N3O3S/c1-15(16-7-5-8-17(23)13-16)26-27-21(29)14-28(20-12-6-11-19(24)22(20)25)32(30,31)18-9-3-2-4-10-18/h2-13H,14H2,1H3,(H,27,29)/b26-15-. The first-order chi connectivity index (χ1) is 15.2. The zero-order chi connectivity index (χ0) is 23.3. The first-order valence-electron chi connectivity index (χ1n) is 9.31. The van der Waals surface area contributed by atoms with Crippen LogP contribution in [0.2, 0.25) is 10.0 Å². The summed E-state index contributed by atoms with van der Waals surface area (Å²) in [6, 6.07) is 19.7. The van der Waals surface area contributed by atoms with Crippen molar-refractivity contribution in [3.63, 3.8) is 0 Å². The average Bonchev–Trinajstić information content (AvgIpc) is 2.78. The van der Waals surface area contributed by atoms with Crippen LogP contribution in [0.15, 0.2) is 87.3 Å². The third-order valence-electron chi connectivity index (χ3n) is 4.41. The number of sulfonamides is 1. The summed E-state index contributed by atoms with van der Waals surface area (Å²) in [5.74, 6) is -0.644. The molecule has 0 bridgehead atoms. The second kappa shape index (κ2) is 10.5. The number of rotatable bonds is 7. The highest BCUT2D eigenvalue weighted by molar-refractivity contribution is 9.10. The van der Waals surface area contributed by atoms with Gasteiger partial charge in [-0.3, -0.25) is 9.10 Å². The van der Waals surface area contributed by atoms with Crippen LogP contribution < -0.4 is 9.73 Å². The Morgan fingerprint density at radius 1 is 1.03 bits per heavy atom. The summed E-state index contributed by atoms with van der Waals surface area (Å²) in [6.07, 6.45) is 0. The van der Waals surface area contributed by atoms with Gasteiger partial charge in [-0.2, -0.15) is 5.10 Å². The molecule has 0 radical (unpaired) electrons. The van der Waals surface area contributed by atoms with Gasteiger partial charge in [-0.15, -0.1) is 0 Å². The average molecular weight is 555 g/mol. The molecule has 0 fully saturated rings. The molecule has 3 aromatic rings. The van der Waals surface area contributed by atoms with Gasteiger partial charge in [0.05, 0.1) is 26.3 Å². The minimum Gasteiger partial charge on any atom is -0.271 e. The smallest absolute Gasteiger partial charge is 0.264 e. The number of halogens is 3. The minimum absolute atomic E-state index is 0.0117. The van der Waals surface area contributed by atoms with Gasteiger partial charge in [0.15, 0.2) is 0 Å². The molecule has 0 heterocycles. The predicted molar refractivity (Wildman–Crippen MR) is 132 cm³/mol. The Morgan fingerprint density at radius 3 is 2.41 bits per heavy atom. The molecule has 0 unspecified atom stereocenters. The first kappa shape index (κ1) is 24.3. The van der Waals surface area contributed by atoms with Crippen LogP contribution >= 0.6 is 39.1 Å². The van der Waals surface area contributed by atoms with E-state index in [2.05, 4.69) is 26.5 Å². The summed E-state index contributed by atoms with van der Waals surface area (Å²) in [6.45, 7) is 1.18. The molecule has 0 aliphatic heterocycles. The molecule has 0 atom stereocenters. The van der Waals surface area contributed by atoms with Crippen LogP contribution in [0.5, 0.6) is 0 Å². The number of amides is 1. The van der Waals surface area contributed by atoms with Crippen molar-refractivity contribution < 1.29 is 13.2 Å². The van der Waals surface area contributed by atoms with Crippen molar-refractivity contribution in [3.8, 4) is 0 Å². The third kappa shape index (κ3) is 5.69. The first-order valence-corrected chi connectivity index (χ1v) is 12.3. The molecule has 0 saturated carbocycles. The fourth-order valence-electron chi connectivity index (χ4n) is 2.79. The van der Waals surface area contributed by atoms with Gasteiger partial charge < -0.3 is 0 Å². The monoisotopic (exact) mass is 553 g/mol. The highest BCUT2D eigenvalue weighted by Gasteiger charge is 2.29. The van der Waals surface area contributed by atoms with Crippen molar-refractivity contribution >= 4 is 66.5 Å². The Bertz CT molecular complexity index is 1270. The maximum atomic E-state index is 13.3. The van der Waals surface area contributed by atoms with E-state index in [-0.39, 0.29) is 20.6 Å². The molecule has 166 valence electrons. The second-order valence-corrected chi connectivity index (χ2v) is 10.2. The summed E-state index contributed by atoms with van der Waals surface area (Å²) in [7, 11) is -4.11. The number of nitrogens with one attached hydrogen (secondary N) is 1. The lowest BCUT2D eigenvalue weighted by Gasteiger charge is -2.25. The summed E-state index contributed by atoms with van der Waals surface area (Å²) in [4.78, 5) is 12.7. The molecular formula is C22H18BrCl2N3O3S. The lowest BCUT2D eigenvalue weighted by molar-refractivity contribution is -0.119. The van der Waals surface area contributed by atoms with E-state index < -0.39 is 22.5 Å². The van der Waals surface area contributed by atoms with E-state index >= 15 is 0 Å². The maximum absolute atomic E-state index is 13.3. The number of carbonyl (C=O) groups excluding carboxylic acids is 1. The Labute approximate surface area is 205 Å². The molecule has 1 N–H and O–H groups in total. The van der Waals surface area contributed by atoms with Gasteiger partial charge in [0, 0.05) is 4.47 Å². The molecule has 3 rings (SSSR count). The SMILES string of the molecule is C/C(=N/NC(=O)CN(c1cccc(Cl)c1Cl)S(=O)(=O)c1ccccc1)c1cccc(Br)c1. The Morgan fingerprint density at radius 2 is 1.72 bits per heavy atom. The largest absolute Gasteiger partial charge is 0.271 e. The lowest BCUT2D eigenvalue weighted by Crippen LogP contribution is -2.40. The molecule has 3 aromatic carbocycles. The van der Waals surface area contributed by atoms with Crippen molar-refractivity contribution in [3.05, 3.63) is 92.9 Å². The van der Waals surface area contributed by atoms with E-state index in [0.29, 0.717) is 5.71 Å². The molecule has 0 spiro atoms. The molecule has 0 aromatic heterocycles. The van der Waals surface area contributed by atoms with Crippen LogP contribution in [0.4, 0.5) is 5.69 Å². The van der Waals surface area contributed by atoms with Crippen molar-refractivity contribution in [2.75, 3.05) is 10.8 Å². The van der Waals surface area contributed by atoms with Crippen molar-refractivity contribution in [2.24, 2.45) is 5.10 Å². The number of benzene rings is 3. The Kier molecular flexibility index (Phi) is 7.95. The van der Waals surface area contributed by atoms with Gasteiger partial charge in [0.2, 0.25) is 0 Å². The van der Waals surface area contributed by atoms with Gasteiger partial charge >= 0.3 is 0 Å². The van der Waals surface area contributed by atoms with Gasteiger partial charge in [-0.1, -0.05) is 75.5 Å². The number of anilines is 1. The van der Waals surface area contributed by atoms with E-state index in [9.17, 15) is 13.2 Å². The van der Waals surface area contributed by atoms with Gasteiger partial charge in [0.25, 0.3) is 15.9 Å². The van der Waals surface area contributed by atoms with Crippen LogP contribution in [0.3, 0.4) is 0 Å². The van der Waals surface area contributed by atoms with Gasteiger partial charge in [-0.05, 0) is 48.9 Å². The van der Waals surface area contributed by atoms with Crippen LogP contribution in [-0.4, -0.2) is 26.6 Å². The number of hydrazone groups is 1. The summed E-state index contributed by atoms with van der Waals surface area (Å²) >= 11 is 15.8. The highest BCUT2D eigenvalue weighted by atomic mass is 79.9. The molecule has 6 nitrogen and oxygen atoms in total. The molecular weight excluding hydrogens is 537 g/mol. The molecule has 32 heavy (non-hydrogen) atoms. The minimum atomic E-state index is -4.11. The lowest BCUT2D eigenvalue weighted by atomic mass is 10.1. The molecule has 0 aliphatic rings.